The van der Waals surface area contributed by atoms with Crippen LogP contribution < -0.4 is 11.3 Å². The Kier molecular flexibility index (Phi) is 1.17. The molecule has 0 atom stereocenters. The van der Waals surface area contributed by atoms with Gasteiger partial charge in [-0.1, -0.05) is 0 Å². The molecular weight excluding hydrogens is 106 g/mol. The fourth-order valence-electron chi connectivity index (χ4n) is 0.507. The summed E-state index contributed by atoms with van der Waals surface area (Å²) in [7, 11) is 0. The third kappa shape index (κ3) is 0.788. The highest BCUT2D eigenvalue weighted by Crippen LogP contribution is 1.78. The molecule has 44 valence electrons. The SMILES string of the molecule is [NH3+]Cc1cc(=O)[nH][nH]1. The lowest BCUT2D eigenvalue weighted by Gasteiger charge is -1.77. The molecule has 0 aliphatic carbocycles. The van der Waals surface area contributed by atoms with Gasteiger partial charge in [-0.25, -0.2) is 0 Å². The van der Waals surface area contributed by atoms with E-state index in [1.165, 1.54) is 6.07 Å². The maximum atomic E-state index is 10.3. The molecule has 0 aliphatic heterocycles. The van der Waals surface area contributed by atoms with Crippen molar-refractivity contribution in [1.29, 1.82) is 0 Å². The van der Waals surface area contributed by atoms with E-state index in [4.69, 9.17) is 0 Å². The number of quaternary nitrogens is 1. The second-order valence-corrected chi connectivity index (χ2v) is 1.53. The van der Waals surface area contributed by atoms with Crippen molar-refractivity contribution in [3.05, 3.63) is 22.1 Å². The summed E-state index contributed by atoms with van der Waals surface area (Å²) in [5.74, 6) is 0. The third-order valence-electron chi connectivity index (χ3n) is 0.921. The van der Waals surface area contributed by atoms with Gasteiger partial charge < -0.3 is 5.73 Å². The van der Waals surface area contributed by atoms with E-state index in [2.05, 4.69) is 15.9 Å². The highest BCUT2D eigenvalue weighted by atomic mass is 16.1. The Bertz CT molecular complexity index is 211. The van der Waals surface area contributed by atoms with E-state index in [1.54, 1.807) is 0 Å². The van der Waals surface area contributed by atoms with E-state index in [-0.39, 0.29) is 5.56 Å². The summed E-state index contributed by atoms with van der Waals surface area (Å²) in [6, 6.07) is 1.49. The van der Waals surface area contributed by atoms with E-state index < -0.39 is 0 Å². The molecule has 0 spiro atoms. The predicted octanol–water partition coefficient (Wildman–Crippen LogP) is -1.56. The molecule has 0 fully saturated rings. The zero-order chi connectivity index (χ0) is 5.98. The fraction of sp³-hybridized carbons (Fsp3) is 0.250. The lowest BCUT2D eigenvalue weighted by Crippen LogP contribution is -2.47. The maximum Gasteiger partial charge on any atom is 0.264 e. The number of rotatable bonds is 1. The van der Waals surface area contributed by atoms with Gasteiger partial charge in [0.1, 0.15) is 6.54 Å². The first kappa shape index (κ1) is 5.11. The summed E-state index contributed by atoms with van der Waals surface area (Å²) in [5, 5.41) is 5.05. The van der Waals surface area contributed by atoms with Crippen molar-refractivity contribution in [3.63, 3.8) is 0 Å². The minimum absolute atomic E-state index is 0.0938. The van der Waals surface area contributed by atoms with Crippen LogP contribution in [0, 0.1) is 0 Å². The van der Waals surface area contributed by atoms with E-state index >= 15 is 0 Å². The smallest absolute Gasteiger partial charge is 0.264 e. The number of hydrogen-bond acceptors (Lipinski definition) is 1. The van der Waals surface area contributed by atoms with Crippen molar-refractivity contribution in [3.8, 4) is 0 Å². The van der Waals surface area contributed by atoms with Crippen LogP contribution in [-0.2, 0) is 6.54 Å². The minimum Gasteiger partial charge on any atom is -0.353 e. The van der Waals surface area contributed by atoms with Gasteiger partial charge >= 0.3 is 0 Å². The topological polar surface area (TPSA) is 76.3 Å². The molecular formula is C4H8N3O+. The van der Waals surface area contributed by atoms with Crippen molar-refractivity contribution in [2.45, 2.75) is 6.54 Å². The minimum atomic E-state index is -0.0938. The summed E-state index contributed by atoms with van der Waals surface area (Å²) in [4.78, 5) is 10.3. The zero-order valence-corrected chi connectivity index (χ0v) is 4.40. The van der Waals surface area contributed by atoms with Crippen LogP contribution in [0.3, 0.4) is 0 Å². The van der Waals surface area contributed by atoms with Gasteiger partial charge in [0.05, 0.1) is 5.69 Å². The summed E-state index contributed by atoms with van der Waals surface area (Å²) in [6.45, 7) is 0.624. The largest absolute Gasteiger partial charge is 0.353 e. The van der Waals surface area contributed by atoms with Crippen molar-refractivity contribution in [2.24, 2.45) is 0 Å². The summed E-state index contributed by atoms with van der Waals surface area (Å²) < 4.78 is 0. The van der Waals surface area contributed by atoms with Gasteiger partial charge in [0.25, 0.3) is 5.56 Å². The molecule has 0 radical (unpaired) electrons. The molecule has 0 aromatic carbocycles. The van der Waals surface area contributed by atoms with Crippen molar-refractivity contribution >= 4 is 0 Å². The van der Waals surface area contributed by atoms with E-state index in [9.17, 15) is 4.79 Å². The van der Waals surface area contributed by atoms with E-state index in [1.807, 2.05) is 0 Å². The van der Waals surface area contributed by atoms with Crippen LogP contribution in [0.1, 0.15) is 5.69 Å². The van der Waals surface area contributed by atoms with Crippen molar-refractivity contribution in [2.75, 3.05) is 0 Å². The summed E-state index contributed by atoms with van der Waals surface area (Å²) >= 11 is 0. The second-order valence-electron chi connectivity index (χ2n) is 1.53. The molecule has 0 bridgehead atoms. The van der Waals surface area contributed by atoms with Crippen LogP contribution in [0.25, 0.3) is 0 Å². The average molecular weight is 114 g/mol. The molecule has 4 nitrogen and oxygen atoms in total. The Hall–Kier alpha value is -1.03. The summed E-state index contributed by atoms with van der Waals surface area (Å²) in [5.41, 5.74) is 4.33. The van der Waals surface area contributed by atoms with Gasteiger partial charge in [-0.3, -0.25) is 15.0 Å². The van der Waals surface area contributed by atoms with Gasteiger partial charge in [0.15, 0.2) is 0 Å². The first-order valence-electron chi connectivity index (χ1n) is 2.39. The van der Waals surface area contributed by atoms with Crippen LogP contribution >= 0.6 is 0 Å². The van der Waals surface area contributed by atoms with Crippen LogP contribution in [-0.4, -0.2) is 10.2 Å². The lowest BCUT2D eigenvalue weighted by atomic mass is 10.4. The molecule has 8 heavy (non-hydrogen) atoms. The van der Waals surface area contributed by atoms with Crippen LogP contribution in [0.2, 0.25) is 0 Å². The fourth-order valence-corrected chi connectivity index (χ4v) is 0.507. The normalized spacial score (nSPS) is 9.62. The average Bonchev–Trinajstić information content (AvgIpc) is 2.14. The molecule has 0 unspecified atom stereocenters. The number of hydrogen-bond donors (Lipinski definition) is 3. The van der Waals surface area contributed by atoms with Gasteiger partial charge in [-0.15, -0.1) is 0 Å². The highest BCUT2D eigenvalue weighted by Gasteiger charge is 1.90. The molecule has 0 aliphatic rings. The van der Waals surface area contributed by atoms with E-state index in [0.717, 1.165) is 5.69 Å². The Morgan fingerprint density at radius 3 is 2.62 bits per heavy atom. The first-order valence-corrected chi connectivity index (χ1v) is 2.39. The van der Waals surface area contributed by atoms with Gasteiger partial charge in [0.2, 0.25) is 0 Å². The molecule has 4 heteroatoms. The van der Waals surface area contributed by atoms with Gasteiger partial charge in [0, 0.05) is 6.07 Å². The number of aromatic amines is 2. The monoisotopic (exact) mass is 114 g/mol. The maximum absolute atomic E-state index is 10.3. The molecule has 1 rings (SSSR count). The molecule has 0 saturated heterocycles. The standard InChI is InChI=1S/C4H7N3O/c5-2-3-1-4(8)7-6-3/h1H,2,5H2,(H2,6,7,8)/p+1. The molecule has 1 aromatic heterocycles. The first-order chi connectivity index (χ1) is 3.83. The quantitative estimate of drug-likeness (QED) is 0.406. The Morgan fingerprint density at radius 2 is 2.38 bits per heavy atom. The van der Waals surface area contributed by atoms with Gasteiger partial charge in [-0.05, 0) is 0 Å². The van der Waals surface area contributed by atoms with Crippen molar-refractivity contribution in [1.82, 2.24) is 10.2 Å². The Morgan fingerprint density at radius 1 is 1.62 bits per heavy atom. The highest BCUT2D eigenvalue weighted by molar-refractivity contribution is 4.94. The second kappa shape index (κ2) is 1.83. The van der Waals surface area contributed by atoms with Gasteiger partial charge in [-0.2, -0.15) is 0 Å². The summed E-state index contributed by atoms with van der Waals surface area (Å²) in [6.07, 6.45) is 0. The molecule has 1 aromatic rings. The number of nitrogens with one attached hydrogen (secondary N) is 2. The Labute approximate surface area is 45.7 Å². The van der Waals surface area contributed by atoms with E-state index in [0.29, 0.717) is 6.54 Å². The zero-order valence-electron chi connectivity index (χ0n) is 4.40. The molecule has 5 N–H and O–H groups in total. The number of H-pyrrole nitrogens is 2. The van der Waals surface area contributed by atoms with Crippen LogP contribution in [0.15, 0.2) is 10.9 Å². The molecule has 0 saturated carbocycles. The molecule has 1 heterocycles. The van der Waals surface area contributed by atoms with Crippen LogP contribution in [0.5, 0.6) is 0 Å². The third-order valence-corrected chi connectivity index (χ3v) is 0.921. The van der Waals surface area contributed by atoms with Crippen molar-refractivity contribution < 1.29 is 5.73 Å². The molecule has 0 amide bonds. The Balaban J connectivity index is 3.01. The van der Waals surface area contributed by atoms with Crippen LogP contribution in [0.4, 0.5) is 0 Å². The predicted molar refractivity (Wildman–Crippen MR) is 28.0 cm³/mol. The number of aromatic nitrogens is 2. The lowest BCUT2D eigenvalue weighted by molar-refractivity contribution is -0.387.